The van der Waals surface area contributed by atoms with Gasteiger partial charge >= 0.3 is 5.97 Å². The van der Waals surface area contributed by atoms with E-state index in [0.29, 0.717) is 18.0 Å². The third-order valence-electron chi connectivity index (χ3n) is 4.31. The summed E-state index contributed by atoms with van der Waals surface area (Å²) in [5.41, 5.74) is 0.331. The van der Waals surface area contributed by atoms with Gasteiger partial charge in [0.25, 0.3) is 0 Å². The Morgan fingerprint density at radius 2 is 2.10 bits per heavy atom. The number of hydrogen-bond acceptors (Lipinski definition) is 4. The van der Waals surface area contributed by atoms with E-state index < -0.39 is 23.2 Å². The van der Waals surface area contributed by atoms with E-state index in [4.69, 9.17) is 14.6 Å². The van der Waals surface area contributed by atoms with Crippen molar-refractivity contribution in [3.05, 3.63) is 23.8 Å². The Morgan fingerprint density at radius 3 is 2.76 bits per heavy atom. The molecule has 0 radical (unpaired) electrons. The quantitative estimate of drug-likeness (QED) is 0.875. The first-order valence-corrected chi connectivity index (χ1v) is 6.81. The Morgan fingerprint density at radius 1 is 1.33 bits per heavy atom. The molecule has 112 valence electrons. The summed E-state index contributed by atoms with van der Waals surface area (Å²) >= 11 is 0. The minimum Gasteiger partial charge on any atom is -0.481 e. The Hall–Kier alpha value is -2.24. The summed E-state index contributed by atoms with van der Waals surface area (Å²) in [5, 5.41) is 11.9. The first-order chi connectivity index (χ1) is 9.93. The number of para-hydroxylation sites is 1. The summed E-state index contributed by atoms with van der Waals surface area (Å²) in [4.78, 5) is 23.3. The van der Waals surface area contributed by atoms with E-state index in [9.17, 15) is 9.59 Å². The van der Waals surface area contributed by atoms with Crippen molar-refractivity contribution in [2.75, 3.05) is 6.79 Å². The number of ether oxygens (including phenoxy) is 2. The third-order valence-corrected chi connectivity index (χ3v) is 4.31. The van der Waals surface area contributed by atoms with Gasteiger partial charge in [0.2, 0.25) is 12.7 Å². The zero-order chi connectivity index (χ0) is 15.2. The molecule has 6 nitrogen and oxygen atoms in total. The monoisotopic (exact) mass is 291 g/mol. The van der Waals surface area contributed by atoms with Crippen LogP contribution in [0.25, 0.3) is 0 Å². The lowest BCUT2D eigenvalue weighted by Crippen LogP contribution is -2.26. The van der Waals surface area contributed by atoms with Gasteiger partial charge in [0.15, 0.2) is 11.5 Å². The number of hydrogen-bond donors (Lipinski definition) is 2. The van der Waals surface area contributed by atoms with Crippen molar-refractivity contribution in [3.63, 3.8) is 0 Å². The lowest BCUT2D eigenvalue weighted by molar-refractivity contribution is -0.140. The number of carboxylic acid groups (broad SMARTS) is 1. The maximum atomic E-state index is 12.2. The highest BCUT2D eigenvalue weighted by Gasteiger charge is 2.65. The van der Waals surface area contributed by atoms with Gasteiger partial charge < -0.3 is 19.9 Å². The summed E-state index contributed by atoms with van der Waals surface area (Å²) in [6, 6.07) is 5.48. The molecule has 2 aliphatic rings. The fraction of sp³-hybridized carbons (Fsp3) is 0.467. The molecule has 1 amide bonds. The molecule has 2 atom stereocenters. The van der Waals surface area contributed by atoms with Crippen molar-refractivity contribution in [2.45, 2.75) is 20.4 Å². The molecule has 3 rings (SSSR count). The first-order valence-electron chi connectivity index (χ1n) is 6.81. The van der Waals surface area contributed by atoms with Crippen LogP contribution >= 0.6 is 0 Å². The highest BCUT2D eigenvalue weighted by molar-refractivity contribution is 5.91. The molecule has 0 saturated heterocycles. The molecule has 6 heteroatoms. The van der Waals surface area contributed by atoms with Crippen LogP contribution in [-0.2, 0) is 16.1 Å². The average Bonchev–Trinajstić information content (AvgIpc) is 2.81. The van der Waals surface area contributed by atoms with Gasteiger partial charge in [-0.05, 0) is 11.5 Å². The number of benzene rings is 1. The van der Waals surface area contributed by atoms with Crippen LogP contribution in [0.15, 0.2) is 18.2 Å². The molecule has 1 aromatic carbocycles. The van der Waals surface area contributed by atoms with Crippen molar-refractivity contribution < 1.29 is 24.2 Å². The molecule has 1 heterocycles. The third kappa shape index (κ3) is 2.20. The van der Waals surface area contributed by atoms with Crippen LogP contribution in [0.2, 0.25) is 0 Å². The van der Waals surface area contributed by atoms with Crippen LogP contribution in [0.5, 0.6) is 11.5 Å². The van der Waals surface area contributed by atoms with Gasteiger partial charge in [-0.2, -0.15) is 0 Å². The normalized spacial score (nSPS) is 24.5. The largest absolute Gasteiger partial charge is 0.481 e. The van der Waals surface area contributed by atoms with Crippen molar-refractivity contribution in [3.8, 4) is 11.5 Å². The van der Waals surface area contributed by atoms with Crippen LogP contribution < -0.4 is 14.8 Å². The SMILES string of the molecule is CC1(C)[C@H](C(=O)O)[C@@H]1C(=O)NCc1cccc2c1OCO2. The van der Waals surface area contributed by atoms with Gasteiger partial charge in [-0.15, -0.1) is 0 Å². The molecular weight excluding hydrogens is 274 g/mol. The van der Waals surface area contributed by atoms with Crippen LogP contribution in [-0.4, -0.2) is 23.8 Å². The lowest BCUT2D eigenvalue weighted by Gasteiger charge is -2.08. The second-order valence-corrected chi connectivity index (χ2v) is 5.98. The van der Waals surface area contributed by atoms with Crippen molar-refractivity contribution >= 4 is 11.9 Å². The first kappa shape index (κ1) is 13.7. The molecule has 0 aromatic heterocycles. The Kier molecular flexibility index (Phi) is 3.04. The summed E-state index contributed by atoms with van der Waals surface area (Å²) < 4.78 is 10.6. The second kappa shape index (κ2) is 4.65. The maximum Gasteiger partial charge on any atom is 0.307 e. The van der Waals surface area contributed by atoms with Crippen LogP contribution in [0, 0.1) is 17.3 Å². The Bertz CT molecular complexity index is 610. The predicted octanol–water partition coefficient (Wildman–Crippen LogP) is 1.39. The van der Waals surface area contributed by atoms with E-state index in [1.165, 1.54) is 0 Å². The average molecular weight is 291 g/mol. The minimum absolute atomic E-state index is 0.178. The number of carboxylic acids is 1. The zero-order valence-electron chi connectivity index (χ0n) is 11.9. The highest BCUT2D eigenvalue weighted by Crippen LogP contribution is 2.58. The summed E-state index contributed by atoms with van der Waals surface area (Å²) in [6.45, 7) is 4.07. The Balaban J connectivity index is 1.66. The second-order valence-electron chi connectivity index (χ2n) is 5.98. The number of carbonyl (C=O) groups is 2. The molecule has 0 unspecified atom stereocenters. The van der Waals surface area contributed by atoms with E-state index >= 15 is 0 Å². The standard InChI is InChI=1S/C15H17NO5/c1-15(2)10(11(15)14(18)19)13(17)16-6-8-4-3-5-9-12(8)21-7-20-9/h3-5,10-11H,6-7H2,1-2H3,(H,16,17)(H,18,19)/t10-,11+/m1/s1. The molecule has 1 aliphatic heterocycles. The number of amides is 1. The number of nitrogens with one attached hydrogen (secondary N) is 1. The molecule has 1 aliphatic carbocycles. The van der Waals surface area contributed by atoms with Crippen LogP contribution in [0.1, 0.15) is 19.4 Å². The van der Waals surface area contributed by atoms with Crippen LogP contribution in [0.4, 0.5) is 0 Å². The molecular formula is C15H17NO5. The maximum absolute atomic E-state index is 12.2. The van der Waals surface area contributed by atoms with Crippen molar-refractivity contribution in [1.29, 1.82) is 0 Å². The molecule has 1 fully saturated rings. The van der Waals surface area contributed by atoms with E-state index in [1.54, 1.807) is 19.9 Å². The molecule has 0 spiro atoms. The van der Waals surface area contributed by atoms with Gasteiger partial charge in [0, 0.05) is 12.1 Å². The predicted molar refractivity (Wildman–Crippen MR) is 72.8 cm³/mol. The molecule has 1 saturated carbocycles. The Labute approximate surface area is 122 Å². The van der Waals surface area contributed by atoms with Gasteiger partial charge in [-0.1, -0.05) is 26.0 Å². The zero-order valence-corrected chi connectivity index (χ0v) is 11.9. The van der Waals surface area contributed by atoms with Crippen molar-refractivity contribution in [2.24, 2.45) is 17.3 Å². The van der Waals surface area contributed by atoms with Gasteiger partial charge in [-0.25, -0.2) is 0 Å². The molecule has 1 aromatic rings. The fourth-order valence-electron chi connectivity index (χ4n) is 3.01. The van der Waals surface area contributed by atoms with E-state index in [-0.39, 0.29) is 12.7 Å². The van der Waals surface area contributed by atoms with Crippen LogP contribution in [0.3, 0.4) is 0 Å². The number of carbonyl (C=O) groups excluding carboxylic acids is 1. The minimum atomic E-state index is -0.919. The van der Waals surface area contributed by atoms with E-state index in [2.05, 4.69) is 5.32 Å². The summed E-state index contributed by atoms with van der Waals surface area (Å²) in [7, 11) is 0. The number of aliphatic carboxylic acids is 1. The van der Waals surface area contributed by atoms with Gasteiger partial charge in [0.1, 0.15) is 0 Å². The lowest BCUT2D eigenvalue weighted by atomic mass is 10.1. The van der Waals surface area contributed by atoms with E-state index in [0.717, 1.165) is 5.56 Å². The molecule has 0 bridgehead atoms. The topological polar surface area (TPSA) is 84.9 Å². The number of fused-ring (bicyclic) bond motifs is 1. The molecule has 21 heavy (non-hydrogen) atoms. The van der Waals surface area contributed by atoms with Gasteiger partial charge in [-0.3, -0.25) is 9.59 Å². The van der Waals surface area contributed by atoms with Crippen molar-refractivity contribution in [1.82, 2.24) is 5.32 Å². The molecule has 2 N–H and O–H groups in total. The number of rotatable bonds is 4. The smallest absolute Gasteiger partial charge is 0.307 e. The highest BCUT2D eigenvalue weighted by atomic mass is 16.7. The summed E-state index contributed by atoms with van der Waals surface area (Å²) in [6.07, 6.45) is 0. The fourth-order valence-corrected chi connectivity index (χ4v) is 3.01. The van der Waals surface area contributed by atoms with E-state index in [1.807, 2.05) is 12.1 Å². The summed E-state index contributed by atoms with van der Waals surface area (Å²) in [5.74, 6) is -0.941. The van der Waals surface area contributed by atoms with Gasteiger partial charge in [0.05, 0.1) is 11.8 Å².